The number of hydrogen-bond donors (Lipinski definition) is 0. The zero-order valence-corrected chi connectivity index (χ0v) is 52.8. The zero-order chi connectivity index (χ0) is 56.1. The van der Waals surface area contributed by atoms with E-state index < -0.39 is 23.9 Å². The molecule has 2 radical (unpaired) electrons. The normalized spacial score (nSPS) is 11.3. The van der Waals surface area contributed by atoms with E-state index in [2.05, 4.69) is 55.4 Å². The van der Waals surface area contributed by atoms with Gasteiger partial charge in [0, 0.05) is 22.3 Å². The molecule has 0 amide bonds. The third kappa shape index (κ3) is 19.9. The minimum absolute atomic E-state index is 0. The van der Waals surface area contributed by atoms with Crippen molar-refractivity contribution in [2.75, 3.05) is 0 Å². The fraction of sp³-hybridized carbons (Fsp3) is 0.562. The molecule has 8 nitrogen and oxygen atoms in total. The molecule has 0 bridgehead atoms. The van der Waals surface area contributed by atoms with E-state index in [1.165, 1.54) is 22.3 Å². The molecule has 0 aliphatic rings. The standard InChI is InChI=1S/4C16H24O2.2Rh/c4*1-9(2)12-7-13(10(3)4)15(16(17)18)14(8-12)11(5)6;;/h4*7-11H,1-6H3,(H,17,18);;/q;;;;2*+2/p-4. The van der Waals surface area contributed by atoms with Crippen LogP contribution in [0.25, 0.3) is 0 Å². The summed E-state index contributed by atoms with van der Waals surface area (Å²) >= 11 is 0. The Morgan fingerprint density at radius 1 is 0.230 bits per heavy atom. The van der Waals surface area contributed by atoms with E-state index in [1.807, 2.05) is 159 Å². The van der Waals surface area contributed by atoms with E-state index in [9.17, 15) is 39.6 Å². The van der Waals surface area contributed by atoms with Crippen molar-refractivity contribution in [3.8, 4) is 0 Å². The van der Waals surface area contributed by atoms with Gasteiger partial charge in [-0.15, -0.1) is 0 Å². The van der Waals surface area contributed by atoms with E-state index >= 15 is 0 Å². The third-order valence-corrected chi connectivity index (χ3v) is 13.3. The molecule has 0 unspecified atom stereocenters. The summed E-state index contributed by atoms with van der Waals surface area (Å²) < 4.78 is 0. The van der Waals surface area contributed by atoms with Crippen molar-refractivity contribution in [2.24, 2.45) is 0 Å². The van der Waals surface area contributed by atoms with Gasteiger partial charge in [0.05, 0.1) is 23.9 Å². The molecule has 0 fully saturated rings. The first-order chi connectivity index (χ1) is 33.0. The molecule has 0 saturated heterocycles. The van der Waals surface area contributed by atoms with E-state index in [-0.39, 0.29) is 86.3 Å². The zero-order valence-electron chi connectivity index (χ0n) is 49.5. The van der Waals surface area contributed by atoms with Crippen LogP contribution in [0.2, 0.25) is 0 Å². The summed E-state index contributed by atoms with van der Waals surface area (Å²) in [5.74, 6) is -1.12. The van der Waals surface area contributed by atoms with Crippen molar-refractivity contribution in [1.82, 2.24) is 0 Å². The van der Waals surface area contributed by atoms with Crippen molar-refractivity contribution in [2.45, 2.75) is 237 Å². The fourth-order valence-electron chi connectivity index (χ4n) is 8.77. The van der Waals surface area contributed by atoms with Crippen molar-refractivity contribution in [1.29, 1.82) is 0 Å². The van der Waals surface area contributed by atoms with Crippen LogP contribution in [0.4, 0.5) is 0 Å². The molecule has 0 saturated carbocycles. The number of carbonyl (C=O) groups excluding carboxylic acids is 4. The summed E-state index contributed by atoms with van der Waals surface area (Å²) in [5.41, 5.74) is 13.5. The second-order valence-corrected chi connectivity index (χ2v) is 23.3. The van der Waals surface area contributed by atoms with Crippen LogP contribution in [0.3, 0.4) is 0 Å². The minimum atomic E-state index is -1.06. The third-order valence-electron chi connectivity index (χ3n) is 13.3. The summed E-state index contributed by atoms with van der Waals surface area (Å²) in [6.45, 7) is 49.4. The van der Waals surface area contributed by atoms with Gasteiger partial charge in [-0.2, -0.15) is 0 Å². The molecule has 4 aromatic rings. The molecule has 0 heterocycles. The van der Waals surface area contributed by atoms with Gasteiger partial charge in [0.2, 0.25) is 0 Å². The fourth-order valence-corrected chi connectivity index (χ4v) is 8.77. The maximum Gasteiger partial charge on any atom is 2.00 e. The summed E-state index contributed by atoms with van der Waals surface area (Å²) in [7, 11) is 0. The number of rotatable bonds is 16. The number of carboxylic acids is 4. The van der Waals surface area contributed by atoms with Gasteiger partial charge in [0.15, 0.2) is 0 Å². The molecule has 0 aromatic heterocycles. The van der Waals surface area contributed by atoms with Crippen molar-refractivity contribution < 1.29 is 78.6 Å². The molecule has 0 aliphatic carbocycles. The van der Waals surface area contributed by atoms with Crippen LogP contribution in [0.1, 0.15) is 345 Å². The van der Waals surface area contributed by atoms with Crippen LogP contribution in [0, 0.1) is 0 Å². The summed E-state index contributed by atoms with van der Waals surface area (Å²) in [6.07, 6.45) is 0. The first-order valence-electron chi connectivity index (χ1n) is 26.6. The Morgan fingerprint density at radius 2 is 0.324 bits per heavy atom. The Balaban J connectivity index is 0. The Bertz CT molecular complexity index is 2010. The van der Waals surface area contributed by atoms with Crippen LogP contribution in [-0.4, -0.2) is 23.9 Å². The molecule has 4 rings (SSSR count). The van der Waals surface area contributed by atoms with Gasteiger partial charge in [-0.3, -0.25) is 0 Å². The van der Waals surface area contributed by atoms with Gasteiger partial charge in [0.1, 0.15) is 0 Å². The molecular formula is C64H92O8Rh2. The Kier molecular flexibility index (Phi) is 31.1. The van der Waals surface area contributed by atoms with Gasteiger partial charge in [-0.25, -0.2) is 0 Å². The van der Waals surface area contributed by atoms with E-state index in [0.717, 1.165) is 44.5 Å². The summed E-state index contributed by atoms with van der Waals surface area (Å²) in [5, 5.41) is 45.7. The number of carbonyl (C=O) groups is 4. The molecule has 0 atom stereocenters. The molecule has 10 heteroatoms. The van der Waals surface area contributed by atoms with Crippen molar-refractivity contribution in [3.63, 3.8) is 0 Å². The Morgan fingerprint density at radius 3 is 0.378 bits per heavy atom. The molecule has 0 aliphatic heterocycles. The van der Waals surface area contributed by atoms with Crippen LogP contribution in [-0.2, 0) is 39.0 Å². The quantitative estimate of drug-likeness (QED) is 0.100. The molecular weight excluding hydrogens is 1100 g/mol. The van der Waals surface area contributed by atoms with E-state index in [4.69, 9.17) is 0 Å². The number of aromatic carboxylic acids is 4. The Hall–Kier alpha value is -3.99. The van der Waals surface area contributed by atoms with Crippen LogP contribution in [0.5, 0.6) is 0 Å². The average molecular weight is 1200 g/mol. The first kappa shape index (κ1) is 72.1. The SMILES string of the molecule is CC(C)c1cc(C(C)C)c(C(=O)[O-])c(C(C)C)c1.CC(C)c1cc(C(C)C)c(C(=O)[O-])c(C(C)C)c1.CC(C)c1cc(C(C)C)c(C(=O)[O-])c(C(C)C)c1.CC(C)c1cc(C(C)C)c(C(=O)[O-])c(C(C)C)c1.[Rh+2].[Rh+2]. The van der Waals surface area contributed by atoms with Gasteiger partial charge in [-0.05, 0) is 138 Å². The Labute approximate surface area is 474 Å². The predicted octanol–water partition coefficient (Wildman–Crippen LogP) is 13.7. The van der Waals surface area contributed by atoms with E-state index in [1.54, 1.807) is 0 Å². The first-order valence-corrected chi connectivity index (χ1v) is 26.6. The summed E-state index contributed by atoms with van der Waals surface area (Å²) in [4.78, 5) is 45.7. The number of hydrogen-bond acceptors (Lipinski definition) is 8. The van der Waals surface area contributed by atoms with Gasteiger partial charge in [-0.1, -0.05) is 215 Å². The topological polar surface area (TPSA) is 161 Å². The average Bonchev–Trinajstić information content (AvgIpc) is 3.26. The maximum atomic E-state index is 11.4. The minimum Gasteiger partial charge on any atom is -0.545 e. The largest absolute Gasteiger partial charge is 2.00 e. The van der Waals surface area contributed by atoms with Gasteiger partial charge < -0.3 is 39.6 Å². The molecule has 0 spiro atoms. The monoisotopic (exact) mass is 1190 g/mol. The van der Waals surface area contributed by atoms with Crippen LogP contribution >= 0.6 is 0 Å². The van der Waals surface area contributed by atoms with Gasteiger partial charge >= 0.3 is 39.0 Å². The number of carboxylic acid groups (broad SMARTS) is 4. The predicted molar refractivity (Wildman–Crippen MR) is 292 cm³/mol. The smallest absolute Gasteiger partial charge is 0.545 e. The van der Waals surface area contributed by atoms with Crippen molar-refractivity contribution >= 4 is 23.9 Å². The molecule has 74 heavy (non-hydrogen) atoms. The second-order valence-electron chi connectivity index (χ2n) is 23.3. The maximum absolute atomic E-state index is 11.4. The van der Waals surface area contributed by atoms with Crippen LogP contribution < -0.4 is 20.4 Å². The summed E-state index contributed by atoms with van der Waals surface area (Å²) in [6, 6.07) is 16.2. The van der Waals surface area contributed by atoms with Crippen LogP contribution in [0.15, 0.2) is 48.5 Å². The molecule has 414 valence electrons. The second kappa shape index (κ2) is 31.9. The van der Waals surface area contributed by atoms with E-state index in [0.29, 0.717) is 45.9 Å². The molecule has 4 aromatic carbocycles. The van der Waals surface area contributed by atoms with Crippen molar-refractivity contribution in [3.05, 3.63) is 138 Å². The number of benzene rings is 4. The van der Waals surface area contributed by atoms with Gasteiger partial charge in [0.25, 0.3) is 0 Å². The molecule has 0 N–H and O–H groups in total.